The monoisotopic (exact) mass is 472 g/mol. The lowest BCUT2D eigenvalue weighted by molar-refractivity contribution is 0.0459. The highest BCUT2D eigenvalue weighted by Gasteiger charge is 2.40. The molecule has 2 atom stereocenters. The van der Waals surface area contributed by atoms with Crippen molar-refractivity contribution in [3.8, 4) is 11.1 Å². The topological polar surface area (TPSA) is 73.3 Å². The molecule has 2 saturated heterocycles. The maximum Gasteiger partial charge on any atom is 0.329 e. The molecule has 0 aliphatic carbocycles. The van der Waals surface area contributed by atoms with E-state index in [1.807, 2.05) is 24.5 Å². The first-order chi connectivity index (χ1) is 17.1. The molecule has 2 aromatic rings. The van der Waals surface area contributed by atoms with Gasteiger partial charge in [0, 0.05) is 63.4 Å². The number of carbonyl (C=O) groups excluding carboxylic acids is 1. The molecule has 0 bridgehead atoms. The summed E-state index contributed by atoms with van der Waals surface area (Å²) in [5.74, 6) is 2.22. The minimum atomic E-state index is -0.0619. The summed E-state index contributed by atoms with van der Waals surface area (Å²) in [6.07, 6.45) is 7.70. The van der Waals surface area contributed by atoms with Crippen molar-refractivity contribution in [2.75, 3.05) is 33.0 Å². The molecule has 0 radical (unpaired) electrons. The highest BCUT2D eigenvalue weighted by molar-refractivity contribution is 6.02. The van der Waals surface area contributed by atoms with Crippen molar-refractivity contribution in [3.63, 3.8) is 0 Å². The van der Waals surface area contributed by atoms with Crippen LogP contribution in [0.25, 0.3) is 11.1 Å². The molecule has 35 heavy (non-hydrogen) atoms. The van der Waals surface area contributed by atoms with Crippen molar-refractivity contribution in [1.82, 2.24) is 25.0 Å². The predicted octanol–water partition coefficient (Wildman–Crippen LogP) is 3.49. The molecule has 8 heteroatoms. The Morgan fingerprint density at radius 2 is 1.77 bits per heavy atom. The Labute approximate surface area is 206 Å². The second-order valence-electron chi connectivity index (χ2n) is 10.1. The molecule has 4 aliphatic heterocycles. The highest BCUT2D eigenvalue weighted by atomic mass is 16.5. The molecule has 5 heterocycles. The van der Waals surface area contributed by atoms with Crippen LogP contribution < -0.4 is 5.32 Å². The smallest absolute Gasteiger partial charge is 0.329 e. The van der Waals surface area contributed by atoms with Crippen LogP contribution in [0.1, 0.15) is 25.3 Å². The van der Waals surface area contributed by atoms with E-state index in [0.717, 1.165) is 57.3 Å². The number of aliphatic imine (C=N–C) groups is 1. The normalized spacial score (nSPS) is 25.3. The number of ether oxygens (including phenoxy) is 1. The van der Waals surface area contributed by atoms with Gasteiger partial charge in [-0.25, -0.2) is 9.79 Å². The van der Waals surface area contributed by atoms with Gasteiger partial charge in [-0.15, -0.1) is 0 Å². The van der Waals surface area contributed by atoms with Crippen LogP contribution in [0.2, 0.25) is 0 Å². The van der Waals surface area contributed by atoms with Gasteiger partial charge in [0.1, 0.15) is 12.5 Å². The van der Waals surface area contributed by atoms with Gasteiger partial charge in [-0.1, -0.05) is 31.2 Å². The summed E-state index contributed by atoms with van der Waals surface area (Å²) in [5, 5.41) is 3.11. The van der Waals surface area contributed by atoms with Gasteiger partial charge in [0.2, 0.25) is 0 Å². The number of fused-ring (bicyclic) bond motifs is 1. The number of pyridine rings is 1. The van der Waals surface area contributed by atoms with Crippen LogP contribution >= 0.6 is 0 Å². The van der Waals surface area contributed by atoms with Gasteiger partial charge >= 0.3 is 6.03 Å². The number of nitrogens with zero attached hydrogens (tertiary/aromatic N) is 5. The summed E-state index contributed by atoms with van der Waals surface area (Å²) >= 11 is 0. The predicted molar refractivity (Wildman–Crippen MR) is 134 cm³/mol. The van der Waals surface area contributed by atoms with E-state index in [9.17, 15) is 4.79 Å². The van der Waals surface area contributed by atoms with Crippen LogP contribution in [-0.2, 0) is 11.3 Å². The maximum absolute atomic E-state index is 12.9. The van der Waals surface area contributed by atoms with E-state index in [1.54, 1.807) is 4.90 Å². The first-order valence-corrected chi connectivity index (χ1v) is 12.6. The summed E-state index contributed by atoms with van der Waals surface area (Å²) in [6, 6.07) is 13.2. The van der Waals surface area contributed by atoms with E-state index in [1.165, 1.54) is 16.7 Å². The van der Waals surface area contributed by atoms with Gasteiger partial charge < -0.3 is 9.64 Å². The molecule has 8 nitrogen and oxygen atoms in total. The SMILES string of the molecule is CC1CN(Cc2ccc(-c3ccncc3)cc2)CC1C1=NC2=CN(C3CCOCC3)CN2C(=O)N1. The van der Waals surface area contributed by atoms with Gasteiger partial charge in [-0.05, 0) is 47.6 Å². The Bertz CT molecular complexity index is 1130. The quantitative estimate of drug-likeness (QED) is 0.721. The fraction of sp³-hybridized carbons (Fsp3) is 0.444. The number of benzene rings is 1. The average molecular weight is 473 g/mol. The second kappa shape index (κ2) is 9.43. The van der Waals surface area contributed by atoms with Gasteiger partial charge in [0.25, 0.3) is 0 Å². The standard InChI is InChI=1S/C27H32N6O2/c1-19-14-31(15-20-2-4-21(5-3-20)22-6-10-28-11-7-22)16-24(19)26-29-25-17-32(18-33(25)27(34)30-26)23-8-12-35-13-9-23/h2-7,10-11,17,19,23-24H,8-9,12-16,18H2,1H3,(H,29,30,34). The minimum absolute atomic E-state index is 0.0619. The average Bonchev–Trinajstić information content (AvgIpc) is 3.49. The van der Waals surface area contributed by atoms with E-state index in [4.69, 9.17) is 9.73 Å². The number of amidine groups is 1. The number of likely N-dealkylation sites (tertiary alicyclic amines) is 1. The molecule has 4 aliphatic rings. The maximum atomic E-state index is 12.9. The lowest BCUT2D eigenvalue weighted by Crippen LogP contribution is -2.50. The van der Waals surface area contributed by atoms with Crippen molar-refractivity contribution in [2.24, 2.45) is 16.8 Å². The van der Waals surface area contributed by atoms with Crippen molar-refractivity contribution in [1.29, 1.82) is 0 Å². The van der Waals surface area contributed by atoms with Gasteiger partial charge in [0.15, 0.2) is 5.82 Å². The molecule has 0 saturated carbocycles. The number of hydrogen-bond acceptors (Lipinski definition) is 6. The summed E-state index contributed by atoms with van der Waals surface area (Å²) in [4.78, 5) is 28.4. The summed E-state index contributed by atoms with van der Waals surface area (Å²) in [5.41, 5.74) is 3.67. The van der Waals surface area contributed by atoms with Crippen molar-refractivity contribution in [2.45, 2.75) is 32.4 Å². The fourth-order valence-corrected chi connectivity index (χ4v) is 5.65. The van der Waals surface area contributed by atoms with Gasteiger partial charge in [0.05, 0.1) is 0 Å². The van der Waals surface area contributed by atoms with Crippen LogP contribution in [0.5, 0.6) is 0 Å². The van der Waals surface area contributed by atoms with E-state index in [0.29, 0.717) is 18.6 Å². The second-order valence-corrected chi connectivity index (χ2v) is 10.1. The first-order valence-electron chi connectivity index (χ1n) is 12.6. The lowest BCUT2D eigenvalue weighted by atomic mass is 9.96. The number of carbonyl (C=O) groups is 1. The molecule has 2 amide bonds. The Kier molecular flexibility index (Phi) is 6.00. The number of aromatic nitrogens is 1. The highest BCUT2D eigenvalue weighted by Crippen LogP contribution is 2.31. The van der Waals surface area contributed by atoms with Crippen LogP contribution in [0, 0.1) is 11.8 Å². The van der Waals surface area contributed by atoms with E-state index in [2.05, 4.69) is 57.5 Å². The zero-order valence-corrected chi connectivity index (χ0v) is 20.1. The summed E-state index contributed by atoms with van der Waals surface area (Å²) < 4.78 is 5.50. The third-order valence-corrected chi connectivity index (χ3v) is 7.65. The Hall–Kier alpha value is -3.23. The third kappa shape index (κ3) is 4.56. The number of hydrogen-bond donors (Lipinski definition) is 1. The van der Waals surface area contributed by atoms with Crippen molar-refractivity contribution in [3.05, 3.63) is 66.4 Å². The number of rotatable bonds is 5. The van der Waals surface area contributed by atoms with Crippen molar-refractivity contribution >= 4 is 11.9 Å². The van der Waals surface area contributed by atoms with Crippen LogP contribution in [-0.4, -0.2) is 70.6 Å². The first kappa shape index (κ1) is 22.2. The van der Waals surface area contributed by atoms with Crippen LogP contribution in [0.4, 0.5) is 4.79 Å². The molecule has 1 aromatic carbocycles. The summed E-state index contributed by atoms with van der Waals surface area (Å²) in [7, 11) is 0. The van der Waals surface area contributed by atoms with E-state index >= 15 is 0 Å². The van der Waals surface area contributed by atoms with Gasteiger partial charge in [-0.2, -0.15) is 0 Å². The molecule has 1 N–H and O–H groups in total. The molecule has 182 valence electrons. The Morgan fingerprint density at radius 1 is 1.03 bits per heavy atom. The summed E-state index contributed by atoms with van der Waals surface area (Å²) in [6.45, 7) is 7.18. The van der Waals surface area contributed by atoms with E-state index in [-0.39, 0.29) is 11.9 Å². The molecule has 6 rings (SSSR count). The molecule has 2 unspecified atom stereocenters. The zero-order valence-electron chi connectivity index (χ0n) is 20.1. The van der Waals surface area contributed by atoms with Crippen molar-refractivity contribution < 1.29 is 9.53 Å². The number of nitrogens with one attached hydrogen (secondary N) is 1. The molecule has 2 fully saturated rings. The third-order valence-electron chi connectivity index (χ3n) is 7.65. The Morgan fingerprint density at radius 3 is 2.54 bits per heavy atom. The molecular weight excluding hydrogens is 440 g/mol. The van der Waals surface area contributed by atoms with E-state index < -0.39 is 0 Å². The lowest BCUT2D eigenvalue weighted by Gasteiger charge is -2.32. The minimum Gasteiger partial charge on any atom is -0.381 e. The number of urea groups is 1. The largest absolute Gasteiger partial charge is 0.381 e. The Balaban J connectivity index is 1.12. The zero-order chi connectivity index (χ0) is 23.8. The van der Waals surface area contributed by atoms with Crippen LogP contribution in [0.15, 0.2) is 65.8 Å². The number of amides is 2. The molecule has 1 aromatic heterocycles. The molecular formula is C27H32N6O2. The molecule has 0 spiro atoms. The fourth-order valence-electron chi connectivity index (χ4n) is 5.65. The van der Waals surface area contributed by atoms with Crippen LogP contribution in [0.3, 0.4) is 0 Å². The van der Waals surface area contributed by atoms with Gasteiger partial charge in [-0.3, -0.25) is 20.1 Å².